The molecule has 0 saturated heterocycles. The van der Waals surface area contributed by atoms with Crippen LogP contribution in [0.3, 0.4) is 0 Å². The molecular formula is C9H14Sn. The van der Waals surface area contributed by atoms with Gasteiger partial charge < -0.3 is 0 Å². The van der Waals surface area contributed by atoms with Crippen molar-refractivity contribution in [2.45, 2.75) is 14.8 Å². The Balaban J connectivity index is 2.97. The average Bonchev–Trinajstić information content (AvgIpc) is 1.88. The second kappa shape index (κ2) is 2.95. The van der Waals surface area contributed by atoms with Gasteiger partial charge in [-0.05, 0) is 0 Å². The second-order valence-electron chi connectivity index (χ2n) is 3.62. The Bertz CT molecular complexity index is 196. The van der Waals surface area contributed by atoms with E-state index in [1.165, 1.54) is 0 Å². The van der Waals surface area contributed by atoms with Crippen molar-refractivity contribution in [3.8, 4) is 0 Å². The summed E-state index contributed by atoms with van der Waals surface area (Å²) in [5, 5.41) is 0. The van der Waals surface area contributed by atoms with Gasteiger partial charge in [-0.25, -0.2) is 0 Å². The molecule has 0 bridgehead atoms. The quantitative estimate of drug-likeness (QED) is 0.661. The van der Waals surface area contributed by atoms with Crippen LogP contribution in [0.15, 0.2) is 30.3 Å². The van der Waals surface area contributed by atoms with E-state index in [0.717, 1.165) is 0 Å². The predicted molar refractivity (Wildman–Crippen MR) is 49.4 cm³/mol. The first-order valence-corrected chi connectivity index (χ1v) is 13.7. The summed E-state index contributed by atoms with van der Waals surface area (Å²) in [6, 6.07) is 10.9. The van der Waals surface area contributed by atoms with E-state index in [9.17, 15) is 0 Å². The van der Waals surface area contributed by atoms with Crippen LogP contribution in [-0.4, -0.2) is 18.4 Å². The van der Waals surface area contributed by atoms with Gasteiger partial charge in [0.15, 0.2) is 0 Å². The molecule has 0 radical (unpaired) electrons. The molecule has 1 heteroatoms. The molecule has 0 fully saturated rings. The van der Waals surface area contributed by atoms with Gasteiger partial charge in [-0.3, -0.25) is 0 Å². The van der Waals surface area contributed by atoms with E-state index in [1.54, 1.807) is 3.58 Å². The molecule has 1 aromatic carbocycles. The minimum atomic E-state index is -1.71. The standard InChI is InChI=1S/C6H5.3CH3.Sn/c1-2-4-6-5-3-1;;;;/h1-5H;3*1H3;. The van der Waals surface area contributed by atoms with Crippen molar-refractivity contribution < 1.29 is 0 Å². The van der Waals surface area contributed by atoms with Crippen LogP contribution in [0.5, 0.6) is 0 Å². The van der Waals surface area contributed by atoms with Crippen molar-refractivity contribution in [3.05, 3.63) is 30.3 Å². The van der Waals surface area contributed by atoms with Gasteiger partial charge in [-0.1, -0.05) is 0 Å². The predicted octanol–water partition coefficient (Wildman–Crippen LogP) is 2.23. The monoisotopic (exact) mass is 242 g/mol. The summed E-state index contributed by atoms with van der Waals surface area (Å²) in [6.45, 7) is 0. The van der Waals surface area contributed by atoms with Crippen LogP contribution in [0, 0.1) is 0 Å². The van der Waals surface area contributed by atoms with Gasteiger partial charge in [-0.2, -0.15) is 0 Å². The molecule has 0 spiro atoms. The molecule has 0 atom stereocenters. The van der Waals surface area contributed by atoms with Gasteiger partial charge in [0, 0.05) is 0 Å². The van der Waals surface area contributed by atoms with Crippen LogP contribution in [0.4, 0.5) is 0 Å². The molecule has 0 aromatic heterocycles. The third kappa shape index (κ3) is 2.01. The Hall–Kier alpha value is 0.0187. The number of hydrogen-bond donors (Lipinski definition) is 0. The fourth-order valence-electron chi connectivity index (χ4n) is 0.938. The fraction of sp³-hybridized carbons (Fsp3) is 0.333. The van der Waals surface area contributed by atoms with Crippen LogP contribution in [0.1, 0.15) is 0 Å². The number of hydrogen-bond acceptors (Lipinski definition) is 0. The molecular weight excluding hydrogens is 227 g/mol. The van der Waals surface area contributed by atoms with E-state index in [2.05, 4.69) is 45.2 Å². The van der Waals surface area contributed by atoms with E-state index < -0.39 is 18.4 Å². The Morgan fingerprint density at radius 3 is 1.70 bits per heavy atom. The summed E-state index contributed by atoms with van der Waals surface area (Å²) < 4.78 is 1.61. The van der Waals surface area contributed by atoms with Gasteiger partial charge in [0.25, 0.3) is 0 Å². The van der Waals surface area contributed by atoms with Crippen molar-refractivity contribution in [2.24, 2.45) is 0 Å². The molecule has 0 amide bonds. The minimum absolute atomic E-state index is 1.61. The molecule has 0 nitrogen and oxygen atoms in total. The van der Waals surface area contributed by atoms with Gasteiger partial charge in [0.05, 0.1) is 0 Å². The molecule has 0 aliphatic heterocycles. The van der Waals surface area contributed by atoms with Crippen molar-refractivity contribution in [1.82, 2.24) is 0 Å². The second-order valence-corrected chi connectivity index (χ2v) is 18.1. The van der Waals surface area contributed by atoms with Crippen LogP contribution < -0.4 is 3.58 Å². The van der Waals surface area contributed by atoms with Gasteiger partial charge in [0.2, 0.25) is 0 Å². The van der Waals surface area contributed by atoms with Crippen LogP contribution >= 0.6 is 0 Å². The van der Waals surface area contributed by atoms with Crippen molar-refractivity contribution >= 4 is 22.0 Å². The van der Waals surface area contributed by atoms with E-state index in [-0.39, 0.29) is 0 Å². The average molecular weight is 241 g/mol. The van der Waals surface area contributed by atoms with E-state index in [1.807, 2.05) is 0 Å². The van der Waals surface area contributed by atoms with E-state index in [4.69, 9.17) is 0 Å². The number of rotatable bonds is 1. The molecule has 0 aliphatic carbocycles. The Labute approximate surface area is 67.1 Å². The first kappa shape index (κ1) is 8.12. The molecule has 10 heavy (non-hydrogen) atoms. The summed E-state index contributed by atoms with van der Waals surface area (Å²) in [6.07, 6.45) is 0. The molecule has 0 N–H and O–H groups in total. The summed E-state index contributed by atoms with van der Waals surface area (Å²) in [4.78, 5) is 7.30. The van der Waals surface area contributed by atoms with E-state index >= 15 is 0 Å². The van der Waals surface area contributed by atoms with Crippen LogP contribution in [0.25, 0.3) is 0 Å². The summed E-state index contributed by atoms with van der Waals surface area (Å²) in [5.41, 5.74) is 0. The fourth-order valence-corrected chi connectivity index (χ4v) is 4.34. The molecule has 0 heterocycles. The molecule has 1 rings (SSSR count). The summed E-state index contributed by atoms with van der Waals surface area (Å²) in [7, 11) is 0. The summed E-state index contributed by atoms with van der Waals surface area (Å²) in [5.74, 6) is 0. The molecule has 0 aliphatic rings. The number of benzene rings is 1. The first-order chi connectivity index (χ1) is 4.61. The zero-order chi connectivity index (χ0) is 7.61. The molecule has 0 unspecified atom stereocenters. The Morgan fingerprint density at radius 2 is 1.40 bits per heavy atom. The summed E-state index contributed by atoms with van der Waals surface area (Å²) >= 11 is -1.71. The molecule has 1 aromatic rings. The van der Waals surface area contributed by atoms with Crippen molar-refractivity contribution in [1.29, 1.82) is 0 Å². The zero-order valence-corrected chi connectivity index (χ0v) is 9.74. The van der Waals surface area contributed by atoms with Crippen LogP contribution in [0.2, 0.25) is 14.8 Å². The third-order valence-electron chi connectivity index (χ3n) is 1.64. The van der Waals surface area contributed by atoms with Gasteiger partial charge in [-0.15, -0.1) is 0 Å². The van der Waals surface area contributed by atoms with Gasteiger partial charge in [0.1, 0.15) is 0 Å². The van der Waals surface area contributed by atoms with Crippen LogP contribution in [-0.2, 0) is 0 Å². The topological polar surface area (TPSA) is 0 Å². The first-order valence-electron chi connectivity index (χ1n) is 3.66. The normalized spacial score (nSPS) is 11.5. The maximum atomic E-state index is 2.43. The maximum absolute atomic E-state index is 2.43. The van der Waals surface area contributed by atoms with Crippen molar-refractivity contribution in [2.75, 3.05) is 0 Å². The van der Waals surface area contributed by atoms with Gasteiger partial charge >= 0.3 is 67.1 Å². The molecule has 54 valence electrons. The van der Waals surface area contributed by atoms with Crippen molar-refractivity contribution in [3.63, 3.8) is 0 Å². The van der Waals surface area contributed by atoms with E-state index in [0.29, 0.717) is 0 Å². The third-order valence-corrected chi connectivity index (χ3v) is 7.53. The Morgan fingerprint density at radius 1 is 0.900 bits per heavy atom. The SMILES string of the molecule is [CH3][Sn]([CH3])([CH3])[c]1ccccc1. The Kier molecular flexibility index (Phi) is 2.40. The zero-order valence-electron chi connectivity index (χ0n) is 6.89. The molecule has 0 saturated carbocycles.